The lowest BCUT2D eigenvalue weighted by molar-refractivity contribution is -0.115. The van der Waals surface area contributed by atoms with Crippen molar-refractivity contribution in [2.24, 2.45) is 0 Å². The van der Waals surface area contributed by atoms with Gasteiger partial charge in [-0.25, -0.2) is 9.78 Å². The standard InChI is InChI=1S/C16H18N2O5S/c1-4-23-15(20)11-9-24-16(17-11)18-14(19)8-10-5-6-12(21-2)13(7-10)22-3/h5-7,9H,4,8H2,1-3H3,(H,17,18,19). The Morgan fingerprint density at radius 2 is 1.96 bits per heavy atom. The molecular weight excluding hydrogens is 332 g/mol. The fraction of sp³-hybridized carbons (Fsp3) is 0.312. The molecular formula is C16H18N2O5S. The third kappa shape index (κ3) is 4.45. The van der Waals surface area contributed by atoms with E-state index >= 15 is 0 Å². The van der Waals surface area contributed by atoms with Gasteiger partial charge in [0.05, 0.1) is 27.2 Å². The number of nitrogens with zero attached hydrogens (tertiary/aromatic N) is 1. The minimum Gasteiger partial charge on any atom is -0.493 e. The molecule has 0 aliphatic carbocycles. The quantitative estimate of drug-likeness (QED) is 0.772. The molecule has 1 amide bonds. The Hall–Kier alpha value is -2.61. The van der Waals surface area contributed by atoms with E-state index in [4.69, 9.17) is 14.2 Å². The van der Waals surface area contributed by atoms with E-state index in [0.29, 0.717) is 16.6 Å². The highest BCUT2D eigenvalue weighted by atomic mass is 32.1. The molecule has 0 aliphatic rings. The number of carbonyl (C=O) groups is 2. The SMILES string of the molecule is CCOC(=O)c1csc(NC(=O)Cc2ccc(OC)c(OC)c2)n1. The van der Waals surface area contributed by atoms with Crippen molar-refractivity contribution in [1.29, 1.82) is 0 Å². The van der Waals surface area contributed by atoms with Gasteiger partial charge in [0.1, 0.15) is 0 Å². The number of thiazole rings is 1. The lowest BCUT2D eigenvalue weighted by Gasteiger charge is -2.09. The maximum absolute atomic E-state index is 12.1. The second kappa shape index (κ2) is 8.30. The molecule has 1 N–H and O–H groups in total. The summed E-state index contributed by atoms with van der Waals surface area (Å²) in [6.07, 6.45) is 0.147. The fourth-order valence-electron chi connectivity index (χ4n) is 1.97. The van der Waals surface area contributed by atoms with Crippen LogP contribution in [0.2, 0.25) is 0 Å². The third-order valence-corrected chi connectivity index (χ3v) is 3.81. The van der Waals surface area contributed by atoms with E-state index in [1.54, 1.807) is 37.6 Å². The summed E-state index contributed by atoms with van der Waals surface area (Å²) in [6.45, 7) is 1.99. The average Bonchev–Trinajstić information content (AvgIpc) is 3.03. The molecule has 1 aromatic carbocycles. The molecule has 8 heteroatoms. The van der Waals surface area contributed by atoms with Gasteiger partial charge in [-0.3, -0.25) is 4.79 Å². The first-order valence-corrected chi connectivity index (χ1v) is 8.08. The highest BCUT2D eigenvalue weighted by molar-refractivity contribution is 7.14. The number of carbonyl (C=O) groups excluding carboxylic acids is 2. The molecule has 24 heavy (non-hydrogen) atoms. The maximum Gasteiger partial charge on any atom is 0.357 e. The zero-order valence-corrected chi connectivity index (χ0v) is 14.4. The number of anilines is 1. The van der Waals surface area contributed by atoms with Crippen LogP contribution in [0.15, 0.2) is 23.6 Å². The van der Waals surface area contributed by atoms with Crippen molar-refractivity contribution in [2.75, 3.05) is 26.1 Å². The van der Waals surface area contributed by atoms with Gasteiger partial charge >= 0.3 is 5.97 Å². The molecule has 2 aromatic rings. The monoisotopic (exact) mass is 350 g/mol. The van der Waals surface area contributed by atoms with Crippen molar-refractivity contribution in [1.82, 2.24) is 4.98 Å². The van der Waals surface area contributed by atoms with Crippen LogP contribution in [0.3, 0.4) is 0 Å². The summed E-state index contributed by atoms with van der Waals surface area (Å²) in [4.78, 5) is 27.7. The van der Waals surface area contributed by atoms with E-state index < -0.39 is 5.97 Å². The largest absolute Gasteiger partial charge is 0.493 e. The van der Waals surface area contributed by atoms with Gasteiger partial charge < -0.3 is 19.5 Å². The topological polar surface area (TPSA) is 86.8 Å². The average molecular weight is 350 g/mol. The molecule has 0 aliphatic heterocycles. The number of rotatable bonds is 7. The second-order valence-corrected chi connectivity index (χ2v) is 5.53. The first-order valence-electron chi connectivity index (χ1n) is 7.20. The van der Waals surface area contributed by atoms with Gasteiger partial charge in [0.25, 0.3) is 0 Å². The lowest BCUT2D eigenvalue weighted by atomic mass is 10.1. The molecule has 0 spiro atoms. The number of ether oxygens (including phenoxy) is 3. The Bertz CT molecular complexity index is 729. The van der Waals surface area contributed by atoms with Crippen molar-refractivity contribution in [3.63, 3.8) is 0 Å². The van der Waals surface area contributed by atoms with E-state index in [-0.39, 0.29) is 24.6 Å². The fourth-order valence-corrected chi connectivity index (χ4v) is 2.67. The molecule has 0 radical (unpaired) electrons. The van der Waals surface area contributed by atoms with Gasteiger partial charge in [-0.15, -0.1) is 11.3 Å². The molecule has 7 nitrogen and oxygen atoms in total. The highest BCUT2D eigenvalue weighted by Crippen LogP contribution is 2.27. The van der Waals surface area contributed by atoms with Crippen LogP contribution in [0.1, 0.15) is 23.0 Å². The van der Waals surface area contributed by atoms with Crippen LogP contribution < -0.4 is 14.8 Å². The Labute approximate surface area is 143 Å². The Kier molecular flexibility index (Phi) is 6.14. The van der Waals surface area contributed by atoms with Crippen molar-refractivity contribution in [3.05, 3.63) is 34.8 Å². The summed E-state index contributed by atoms with van der Waals surface area (Å²) in [6, 6.07) is 5.26. The molecule has 0 fully saturated rings. The van der Waals surface area contributed by atoms with Crippen molar-refractivity contribution < 1.29 is 23.8 Å². The summed E-state index contributed by atoms with van der Waals surface area (Å²) in [5.74, 6) is 0.406. The molecule has 0 bridgehead atoms. The molecule has 1 heterocycles. The smallest absolute Gasteiger partial charge is 0.357 e. The Balaban J connectivity index is 1.99. The number of hydrogen-bond donors (Lipinski definition) is 1. The predicted molar refractivity (Wildman–Crippen MR) is 90.0 cm³/mol. The molecule has 128 valence electrons. The van der Waals surface area contributed by atoms with Crippen molar-refractivity contribution in [2.45, 2.75) is 13.3 Å². The van der Waals surface area contributed by atoms with Gasteiger partial charge in [0.15, 0.2) is 22.3 Å². The van der Waals surface area contributed by atoms with Gasteiger partial charge in [0, 0.05) is 5.38 Å². The molecule has 0 unspecified atom stereocenters. The lowest BCUT2D eigenvalue weighted by Crippen LogP contribution is -2.14. The Morgan fingerprint density at radius 1 is 1.21 bits per heavy atom. The number of nitrogens with one attached hydrogen (secondary N) is 1. The van der Waals surface area contributed by atoms with Crippen molar-refractivity contribution >= 4 is 28.3 Å². The number of amides is 1. The number of aromatic nitrogens is 1. The third-order valence-electron chi connectivity index (χ3n) is 3.05. The minimum atomic E-state index is -0.505. The summed E-state index contributed by atoms with van der Waals surface area (Å²) in [7, 11) is 3.09. The Morgan fingerprint density at radius 3 is 2.62 bits per heavy atom. The number of benzene rings is 1. The normalized spacial score (nSPS) is 10.1. The van der Waals surface area contributed by atoms with Crippen molar-refractivity contribution in [3.8, 4) is 11.5 Å². The van der Waals surface area contributed by atoms with Crippen LogP contribution in [0.4, 0.5) is 5.13 Å². The second-order valence-electron chi connectivity index (χ2n) is 4.67. The summed E-state index contributed by atoms with van der Waals surface area (Å²) in [5, 5.41) is 4.56. The maximum atomic E-state index is 12.1. The predicted octanol–water partition coefficient (Wildman–Crippen LogP) is 2.52. The van der Waals surface area contributed by atoms with Gasteiger partial charge in [-0.05, 0) is 24.6 Å². The van der Waals surface area contributed by atoms with E-state index in [9.17, 15) is 9.59 Å². The van der Waals surface area contributed by atoms with E-state index in [2.05, 4.69) is 10.3 Å². The van der Waals surface area contributed by atoms with E-state index in [1.807, 2.05) is 0 Å². The van der Waals surface area contributed by atoms with Crippen LogP contribution in [-0.4, -0.2) is 37.7 Å². The first kappa shape index (κ1) is 17.7. The van der Waals surface area contributed by atoms with E-state index in [1.165, 1.54) is 18.4 Å². The van der Waals surface area contributed by atoms with Crippen LogP contribution in [0.25, 0.3) is 0 Å². The molecule has 0 atom stereocenters. The molecule has 2 rings (SSSR count). The molecule has 0 saturated carbocycles. The van der Waals surface area contributed by atoms with Crippen LogP contribution in [-0.2, 0) is 16.0 Å². The van der Waals surface area contributed by atoms with Crippen LogP contribution in [0, 0.1) is 0 Å². The minimum absolute atomic E-state index is 0.147. The summed E-state index contributed by atoms with van der Waals surface area (Å²) >= 11 is 1.17. The number of methoxy groups -OCH3 is 2. The number of esters is 1. The van der Waals surface area contributed by atoms with Crippen LogP contribution >= 0.6 is 11.3 Å². The summed E-state index contributed by atoms with van der Waals surface area (Å²) in [5.41, 5.74) is 0.954. The van der Waals surface area contributed by atoms with E-state index in [0.717, 1.165) is 5.56 Å². The van der Waals surface area contributed by atoms with Gasteiger partial charge in [-0.1, -0.05) is 6.07 Å². The van der Waals surface area contributed by atoms with Gasteiger partial charge in [0.2, 0.25) is 5.91 Å². The molecule has 0 saturated heterocycles. The zero-order chi connectivity index (χ0) is 17.5. The number of hydrogen-bond acceptors (Lipinski definition) is 7. The first-order chi connectivity index (χ1) is 11.6. The highest BCUT2D eigenvalue weighted by Gasteiger charge is 2.14. The summed E-state index contributed by atoms with van der Waals surface area (Å²) < 4.78 is 15.2. The van der Waals surface area contributed by atoms with Crippen LogP contribution in [0.5, 0.6) is 11.5 Å². The zero-order valence-electron chi connectivity index (χ0n) is 13.6. The molecule has 1 aromatic heterocycles. The van der Waals surface area contributed by atoms with Gasteiger partial charge in [-0.2, -0.15) is 0 Å².